The van der Waals surface area contributed by atoms with Gasteiger partial charge in [0.25, 0.3) is 0 Å². The van der Waals surface area contributed by atoms with E-state index in [1.807, 2.05) is 20.8 Å². The van der Waals surface area contributed by atoms with E-state index in [1.165, 1.54) is 35.3 Å². The molecular formula is C28H47N3S. The summed E-state index contributed by atoms with van der Waals surface area (Å²) < 4.78 is 0. The topological polar surface area (TPSA) is 50.4 Å². The van der Waals surface area contributed by atoms with Crippen LogP contribution in [-0.2, 0) is 6.42 Å². The first-order valence-electron chi connectivity index (χ1n) is 12.3. The van der Waals surface area contributed by atoms with Crippen molar-refractivity contribution in [1.82, 2.24) is 5.32 Å². The molecule has 180 valence electrons. The molecule has 1 unspecified atom stereocenters. The van der Waals surface area contributed by atoms with E-state index in [0.717, 1.165) is 31.5 Å². The molecule has 1 fully saturated rings. The predicted molar refractivity (Wildman–Crippen MR) is 148 cm³/mol. The van der Waals surface area contributed by atoms with Crippen LogP contribution in [0.15, 0.2) is 64.0 Å². The lowest BCUT2D eigenvalue weighted by Gasteiger charge is -2.03. The van der Waals surface area contributed by atoms with E-state index in [0.29, 0.717) is 11.9 Å². The van der Waals surface area contributed by atoms with Gasteiger partial charge in [-0.15, -0.1) is 11.3 Å². The molecule has 1 saturated heterocycles. The van der Waals surface area contributed by atoms with Gasteiger partial charge in [-0.05, 0) is 70.2 Å². The zero-order valence-corrected chi connectivity index (χ0v) is 22.4. The monoisotopic (exact) mass is 457 g/mol. The molecule has 0 aliphatic carbocycles. The molecule has 4 heteroatoms. The van der Waals surface area contributed by atoms with Crippen LogP contribution in [0.25, 0.3) is 0 Å². The van der Waals surface area contributed by atoms with Crippen LogP contribution in [0, 0.1) is 0 Å². The Bertz CT molecular complexity index is 744. The van der Waals surface area contributed by atoms with Crippen molar-refractivity contribution in [2.75, 3.05) is 13.1 Å². The number of thiophene rings is 1. The number of hydrogen-bond acceptors (Lipinski definition) is 3. The van der Waals surface area contributed by atoms with E-state index in [1.54, 1.807) is 11.3 Å². The molecule has 2 heterocycles. The summed E-state index contributed by atoms with van der Waals surface area (Å²) in [6.45, 7) is 16.6. The summed E-state index contributed by atoms with van der Waals surface area (Å²) in [5.41, 5.74) is 9.76. The number of aliphatic imine (C=N–C) groups is 1. The molecule has 1 atom stereocenters. The maximum Gasteiger partial charge on any atom is 0.126 e. The van der Waals surface area contributed by atoms with Crippen LogP contribution in [-0.4, -0.2) is 25.0 Å². The standard InChI is InChI=1S/C13H21N3S.C13H20.C2H6/c1-2-3-4-12-7-10(9-17-12)13(14)16-11-5-6-15-8-11;1-5-8-9-11-12(4)13(7-3)10-6-2;1-2/h7,9,11,15H,2-6,8H2,1H3,(H2,14,16);6-11H,5H2,1-4H3;1-2H3/b;9-8+,10-6-,12-11-,13-7-;. The first-order chi connectivity index (χ1) is 15.5. The van der Waals surface area contributed by atoms with Gasteiger partial charge in [-0.3, -0.25) is 4.99 Å². The van der Waals surface area contributed by atoms with Crippen LogP contribution < -0.4 is 11.1 Å². The second-order valence-corrected chi connectivity index (χ2v) is 8.49. The van der Waals surface area contributed by atoms with Crippen molar-refractivity contribution in [3.8, 4) is 0 Å². The highest BCUT2D eigenvalue weighted by molar-refractivity contribution is 7.10. The molecule has 1 aromatic heterocycles. The quantitative estimate of drug-likeness (QED) is 0.228. The second-order valence-electron chi connectivity index (χ2n) is 7.50. The minimum absolute atomic E-state index is 0.369. The van der Waals surface area contributed by atoms with Crippen LogP contribution in [0.5, 0.6) is 0 Å². The van der Waals surface area contributed by atoms with Gasteiger partial charge in [-0.2, -0.15) is 0 Å². The summed E-state index contributed by atoms with van der Waals surface area (Å²) in [6.07, 6.45) is 18.6. The Labute approximate surface area is 202 Å². The van der Waals surface area contributed by atoms with Crippen LogP contribution in [0.4, 0.5) is 0 Å². The average molecular weight is 458 g/mol. The van der Waals surface area contributed by atoms with Gasteiger partial charge in [0.1, 0.15) is 5.84 Å². The number of unbranched alkanes of at least 4 members (excludes halogenated alkanes) is 1. The molecular weight excluding hydrogens is 410 g/mol. The smallest absolute Gasteiger partial charge is 0.126 e. The van der Waals surface area contributed by atoms with Crippen molar-refractivity contribution < 1.29 is 0 Å². The van der Waals surface area contributed by atoms with Gasteiger partial charge in [0.2, 0.25) is 0 Å². The Hall–Kier alpha value is -1.91. The number of aryl methyl sites for hydroxylation is 1. The lowest BCUT2D eigenvalue weighted by atomic mass is 10.1. The van der Waals surface area contributed by atoms with Gasteiger partial charge >= 0.3 is 0 Å². The predicted octanol–water partition coefficient (Wildman–Crippen LogP) is 7.61. The molecule has 0 saturated carbocycles. The minimum atomic E-state index is 0.369. The highest BCUT2D eigenvalue weighted by atomic mass is 32.1. The maximum absolute atomic E-state index is 6.05. The summed E-state index contributed by atoms with van der Waals surface area (Å²) in [7, 11) is 0. The summed E-state index contributed by atoms with van der Waals surface area (Å²) in [4.78, 5) is 6.00. The number of nitrogens with zero attached hydrogens (tertiary/aromatic N) is 1. The molecule has 0 amide bonds. The second kappa shape index (κ2) is 19.8. The van der Waals surface area contributed by atoms with Crippen molar-refractivity contribution in [2.45, 2.75) is 86.6 Å². The fraction of sp³-hybridized carbons (Fsp3) is 0.536. The molecule has 0 spiro atoms. The van der Waals surface area contributed by atoms with E-state index < -0.39 is 0 Å². The third kappa shape index (κ3) is 12.8. The highest BCUT2D eigenvalue weighted by Gasteiger charge is 2.14. The summed E-state index contributed by atoms with van der Waals surface area (Å²) >= 11 is 1.80. The molecule has 2 rings (SSSR count). The molecule has 0 aromatic carbocycles. The van der Waals surface area contributed by atoms with E-state index in [2.05, 4.69) is 85.9 Å². The Balaban J connectivity index is 0.000000578. The summed E-state index contributed by atoms with van der Waals surface area (Å²) in [6, 6.07) is 2.57. The third-order valence-corrected chi connectivity index (χ3v) is 5.91. The summed E-state index contributed by atoms with van der Waals surface area (Å²) in [5.74, 6) is 0.706. The lowest BCUT2D eigenvalue weighted by molar-refractivity contribution is 0.743. The molecule has 3 N–H and O–H groups in total. The largest absolute Gasteiger partial charge is 0.383 e. The Morgan fingerprint density at radius 3 is 2.59 bits per heavy atom. The fourth-order valence-corrected chi connectivity index (χ4v) is 4.02. The van der Waals surface area contributed by atoms with Crippen molar-refractivity contribution >= 4 is 17.2 Å². The van der Waals surface area contributed by atoms with Crippen molar-refractivity contribution in [3.63, 3.8) is 0 Å². The average Bonchev–Trinajstić information content (AvgIpc) is 3.50. The van der Waals surface area contributed by atoms with Crippen molar-refractivity contribution in [2.24, 2.45) is 10.7 Å². The minimum Gasteiger partial charge on any atom is -0.383 e. The van der Waals surface area contributed by atoms with Gasteiger partial charge in [0, 0.05) is 22.4 Å². The third-order valence-electron chi connectivity index (χ3n) is 4.91. The molecule has 32 heavy (non-hydrogen) atoms. The van der Waals surface area contributed by atoms with Crippen molar-refractivity contribution in [3.05, 3.63) is 69.5 Å². The number of allylic oxidation sites excluding steroid dienone is 8. The first kappa shape index (κ1) is 30.1. The lowest BCUT2D eigenvalue weighted by Crippen LogP contribution is -2.19. The molecule has 1 aliphatic heterocycles. The molecule has 3 nitrogen and oxygen atoms in total. The Morgan fingerprint density at radius 2 is 2.03 bits per heavy atom. The summed E-state index contributed by atoms with van der Waals surface area (Å²) in [5, 5.41) is 5.43. The zero-order valence-electron chi connectivity index (χ0n) is 21.6. The van der Waals surface area contributed by atoms with Gasteiger partial charge in [0.05, 0.1) is 6.04 Å². The van der Waals surface area contributed by atoms with E-state index in [9.17, 15) is 0 Å². The molecule has 1 aromatic rings. The van der Waals surface area contributed by atoms with E-state index in [4.69, 9.17) is 5.73 Å². The number of amidine groups is 1. The first-order valence-corrected chi connectivity index (χ1v) is 13.2. The van der Waals surface area contributed by atoms with Crippen molar-refractivity contribution in [1.29, 1.82) is 0 Å². The van der Waals surface area contributed by atoms with Gasteiger partial charge in [0.15, 0.2) is 0 Å². The van der Waals surface area contributed by atoms with Crippen LogP contribution in [0.3, 0.4) is 0 Å². The zero-order chi connectivity index (χ0) is 24.2. The number of nitrogens with one attached hydrogen (secondary N) is 1. The molecule has 0 bridgehead atoms. The van der Waals surface area contributed by atoms with E-state index in [-0.39, 0.29) is 0 Å². The molecule has 1 aliphatic rings. The van der Waals surface area contributed by atoms with Crippen LogP contribution in [0.1, 0.15) is 84.6 Å². The van der Waals surface area contributed by atoms with Crippen LogP contribution >= 0.6 is 11.3 Å². The SMILES string of the molecule is CC.CCCCc1cc(C(N)=NC2CCNC2)cs1.C\C=C/C(=C/C)C(/C)=C\C=C\CC. The normalized spacial score (nSPS) is 17.3. The Kier molecular flexibility index (Phi) is 18.6. The number of rotatable bonds is 9. The number of hydrogen-bond donors (Lipinski definition) is 2. The highest BCUT2D eigenvalue weighted by Crippen LogP contribution is 2.17. The fourth-order valence-electron chi connectivity index (χ4n) is 3.10. The van der Waals surface area contributed by atoms with E-state index >= 15 is 0 Å². The maximum atomic E-state index is 6.05. The van der Waals surface area contributed by atoms with Gasteiger partial charge in [-0.25, -0.2) is 0 Å². The van der Waals surface area contributed by atoms with Gasteiger partial charge in [-0.1, -0.05) is 70.6 Å². The van der Waals surface area contributed by atoms with Crippen LogP contribution in [0.2, 0.25) is 0 Å². The van der Waals surface area contributed by atoms with Gasteiger partial charge < -0.3 is 11.1 Å². The molecule has 0 radical (unpaired) electrons. The Morgan fingerprint density at radius 1 is 1.28 bits per heavy atom. The number of nitrogens with two attached hydrogens (primary N) is 1.